The van der Waals surface area contributed by atoms with E-state index in [1.165, 1.54) is 6.33 Å². The van der Waals surface area contributed by atoms with Crippen molar-refractivity contribution in [2.45, 2.75) is 6.92 Å². The Labute approximate surface area is 142 Å². The molecule has 0 bridgehead atoms. The van der Waals surface area contributed by atoms with E-state index in [9.17, 15) is 0 Å². The number of nitrogen functional groups attached to an aromatic ring is 1. The van der Waals surface area contributed by atoms with Gasteiger partial charge in [-0.15, -0.1) is 0 Å². The molecule has 0 aliphatic rings. The molecular formula is C16H24N6O2. The first-order chi connectivity index (χ1) is 11.7. The molecule has 130 valence electrons. The standard InChI is InChI=1S/C16H24N6O2/c1-12-5-4-6-18-14(12)21-15-13(17)16(20-11-19-15)22(7-9-23-2)8-10-24-3/h4-6,11H,7-10,17H2,1-3H3,(H,18,19,20,21). The quantitative estimate of drug-likeness (QED) is 0.714. The lowest BCUT2D eigenvalue weighted by Gasteiger charge is -2.25. The first-order valence-electron chi connectivity index (χ1n) is 7.69. The molecular weight excluding hydrogens is 308 g/mol. The van der Waals surface area contributed by atoms with Crippen molar-refractivity contribution in [2.24, 2.45) is 0 Å². The van der Waals surface area contributed by atoms with E-state index in [-0.39, 0.29) is 0 Å². The van der Waals surface area contributed by atoms with E-state index in [2.05, 4.69) is 20.3 Å². The number of methoxy groups -OCH3 is 2. The maximum atomic E-state index is 6.29. The van der Waals surface area contributed by atoms with Crippen LogP contribution in [0.1, 0.15) is 5.56 Å². The number of aryl methyl sites for hydroxylation is 1. The largest absolute Gasteiger partial charge is 0.393 e. The summed E-state index contributed by atoms with van der Waals surface area (Å²) < 4.78 is 10.3. The Hall–Kier alpha value is -2.45. The van der Waals surface area contributed by atoms with Crippen LogP contribution in [0, 0.1) is 6.92 Å². The smallest absolute Gasteiger partial charge is 0.160 e. The third-order valence-corrected chi connectivity index (χ3v) is 3.54. The van der Waals surface area contributed by atoms with E-state index < -0.39 is 0 Å². The van der Waals surface area contributed by atoms with Crippen molar-refractivity contribution in [3.05, 3.63) is 30.2 Å². The molecule has 0 unspecified atom stereocenters. The summed E-state index contributed by atoms with van der Waals surface area (Å²) in [6.07, 6.45) is 3.20. The number of nitrogens with one attached hydrogen (secondary N) is 1. The van der Waals surface area contributed by atoms with Crippen LogP contribution >= 0.6 is 0 Å². The molecule has 0 aromatic carbocycles. The number of pyridine rings is 1. The van der Waals surface area contributed by atoms with Gasteiger partial charge in [0.25, 0.3) is 0 Å². The molecule has 3 N–H and O–H groups in total. The molecule has 0 saturated carbocycles. The summed E-state index contributed by atoms with van der Waals surface area (Å²) in [4.78, 5) is 14.9. The fourth-order valence-electron chi connectivity index (χ4n) is 2.19. The lowest BCUT2D eigenvalue weighted by molar-refractivity contribution is 0.190. The Balaban J connectivity index is 2.26. The van der Waals surface area contributed by atoms with Gasteiger partial charge in [-0.2, -0.15) is 0 Å². The van der Waals surface area contributed by atoms with Gasteiger partial charge in [0.2, 0.25) is 0 Å². The van der Waals surface area contributed by atoms with Crippen LogP contribution < -0.4 is 16.0 Å². The summed E-state index contributed by atoms with van der Waals surface area (Å²) in [6, 6.07) is 3.85. The zero-order chi connectivity index (χ0) is 17.4. The molecule has 2 aromatic rings. The zero-order valence-electron chi connectivity index (χ0n) is 14.3. The summed E-state index contributed by atoms with van der Waals surface area (Å²) >= 11 is 0. The molecule has 0 atom stereocenters. The molecule has 2 heterocycles. The van der Waals surface area contributed by atoms with Crippen molar-refractivity contribution < 1.29 is 9.47 Å². The third kappa shape index (κ3) is 4.53. The molecule has 0 saturated heterocycles. The summed E-state index contributed by atoms with van der Waals surface area (Å²) in [6.45, 7) is 4.41. The summed E-state index contributed by atoms with van der Waals surface area (Å²) in [5.41, 5.74) is 7.76. The van der Waals surface area contributed by atoms with Crippen LogP contribution in [0.3, 0.4) is 0 Å². The highest BCUT2D eigenvalue weighted by atomic mass is 16.5. The van der Waals surface area contributed by atoms with Gasteiger partial charge < -0.3 is 25.4 Å². The van der Waals surface area contributed by atoms with Crippen molar-refractivity contribution in [3.63, 3.8) is 0 Å². The summed E-state index contributed by atoms with van der Waals surface area (Å²) in [5.74, 6) is 1.89. The van der Waals surface area contributed by atoms with Gasteiger partial charge in [-0.3, -0.25) is 0 Å². The fraction of sp³-hybridized carbons (Fsp3) is 0.438. The first-order valence-corrected chi connectivity index (χ1v) is 7.69. The molecule has 8 heteroatoms. The Morgan fingerprint density at radius 3 is 2.42 bits per heavy atom. The van der Waals surface area contributed by atoms with E-state index in [4.69, 9.17) is 15.2 Å². The number of hydrogen-bond acceptors (Lipinski definition) is 8. The molecule has 0 aliphatic heterocycles. The van der Waals surface area contributed by atoms with E-state index in [0.717, 1.165) is 5.56 Å². The van der Waals surface area contributed by atoms with Crippen LogP contribution in [0.15, 0.2) is 24.7 Å². The molecule has 0 radical (unpaired) electrons. The van der Waals surface area contributed by atoms with Crippen LogP contribution in [0.4, 0.5) is 23.1 Å². The number of rotatable bonds is 9. The molecule has 0 fully saturated rings. The highest BCUT2D eigenvalue weighted by Crippen LogP contribution is 2.28. The average Bonchev–Trinajstić information content (AvgIpc) is 2.59. The van der Waals surface area contributed by atoms with Crippen LogP contribution in [0.2, 0.25) is 0 Å². The predicted molar refractivity (Wildman–Crippen MR) is 94.7 cm³/mol. The molecule has 24 heavy (non-hydrogen) atoms. The van der Waals surface area contributed by atoms with Gasteiger partial charge >= 0.3 is 0 Å². The Kier molecular flexibility index (Phi) is 6.71. The number of anilines is 4. The molecule has 0 amide bonds. The van der Waals surface area contributed by atoms with Crippen LogP contribution in [0.5, 0.6) is 0 Å². The Morgan fingerprint density at radius 1 is 1.08 bits per heavy atom. The van der Waals surface area contributed by atoms with E-state index >= 15 is 0 Å². The second-order valence-corrected chi connectivity index (χ2v) is 5.23. The number of nitrogens with zero attached hydrogens (tertiary/aromatic N) is 4. The lowest BCUT2D eigenvalue weighted by Crippen LogP contribution is -2.32. The minimum Gasteiger partial charge on any atom is -0.393 e. The number of ether oxygens (including phenoxy) is 2. The molecule has 0 spiro atoms. The van der Waals surface area contributed by atoms with Gasteiger partial charge in [-0.05, 0) is 18.6 Å². The fourth-order valence-corrected chi connectivity index (χ4v) is 2.19. The molecule has 0 aliphatic carbocycles. The van der Waals surface area contributed by atoms with E-state index in [0.29, 0.717) is 49.4 Å². The SMILES string of the molecule is COCCN(CCOC)c1ncnc(Nc2ncccc2C)c1N. The highest BCUT2D eigenvalue weighted by molar-refractivity contribution is 5.78. The van der Waals surface area contributed by atoms with Gasteiger partial charge in [0.1, 0.15) is 17.8 Å². The van der Waals surface area contributed by atoms with Gasteiger partial charge in [0, 0.05) is 33.5 Å². The topological polar surface area (TPSA) is 98.4 Å². The maximum Gasteiger partial charge on any atom is 0.160 e. The molecule has 2 rings (SSSR count). The van der Waals surface area contributed by atoms with Crippen LogP contribution in [0.25, 0.3) is 0 Å². The van der Waals surface area contributed by atoms with Crippen molar-refractivity contribution in [1.82, 2.24) is 15.0 Å². The molecule has 2 aromatic heterocycles. The van der Waals surface area contributed by atoms with Crippen LogP contribution in [-0.2, 0) is 9.47 Å². The van der Waals surface area contributed by atoms with Crippen molar-refractivity contribution in [1.29, 1.82) is 0 Å². The monoisotopic (exact) mass is 332 g/mol. The Morgan fingerprint density at radius 2 is 1.79 bits per heavy atom. The first kappa shape index (κ1) is 17.9. The third-order valence-electron chi connectivity index (χ3n) is 3.54. The van der Waals surface area contributed by atoms with Crippen LogP contribution in [-0.4, -0.2) is 55.5 Å². The second-order valence-electron chi connectivity index (χ2n) is 5.23. The molecule has 8 nitrogen and oxygen atoms in total. The van der Waals surface area contributed by atoms with Gasteiger partial charge in [0.05, 0.1) is 13.2 Å². The number of nitrogens with two attached hydrogens (primary N) is 1. The highest BCUT2D eigenvalue weighted by Gasteiger charge is 2.16. The van der Waals surface area contributed by atoms with Crippen molar-refractivity contribution >= 4 is 23.1 Å². The normalized spacial score (nSPS) is 10.6. The lowest BCUT2D eigenvalue weighted by atomic mass is 10.3. The second kappa shape index (κ2) is 8.99. The van der Waals surface area contributed by atoms with Crippen molar-refractivity contribution in [3.8, 4) is 0 Å². The number of hydrogen-bond donors (Lipinski definition) is 2. The maximum absolute atomic E-state index is 6.29. The number of aromatic nitrogens is 3. The van der Waals surface area contributed by atoms with Gasteiger partial charge in [0.15, 0.2) is 11.6 Å². The van der Waals surface area contributed by atoms with Gasteiger partial charge in [-0.25, -0.2) is 15.0 Å². The Bertz CT molecular complexity index is 644. The van der Waals surface area contributed by atoms with Crippen molar-refractivity contribution in [2.75, 3.05) is 56.5 Å². The minimum absolute atomic E-state index is 0.467. The predicted octanol–water partition coefficient (Wildman–Crippen LogP) is 1.61. The minimum atomic E-state index is 0.467. The van der Waals surface area contributed by atoms with E-state index in [1.54, 1.807) is 20.4 Å². The van der Waals surface area contributed by atoms with E-state index in [1.807, 2.05) is 24.0 Å². The zero-order valence-corrected chi connectivity index (χ0v) is 14.3. The summed E-state index contributed by atoms with van der Waals surface area (Å²) in [5, 5.41) is 3.17. The average molecular weight is 332 g/mol. The summed E-state index contributed by atoms with van der Waals surface area (Å²) in [7, 11) is 3.32. The van der Waals surface area contributed by atoms with Gasteiger partial charge in [-0.1, -0.05) is 6.07 Å².